The average molecular weight is 382 g/mol. The van der Waals surface area contributed by atoms with Crippen molar-refractivity contribution in [2.24, 2.45) is 5.92 Å². The molecule has 0 spiro atoms. The fourth-order valence-corrected chi connectivity index (χ4v) is 3.09. The standard InChI is InChI=1S/C21H22N2O5/c1-3-28-21(26)14-6-4-7-16(10-14)22-20(25)15-11-19(24)23(13-15)17-8-5-9-18(12-17)27-2/h4-10,12,15H,3,11,13H2,1-2H3,(H,22,25)/t15-/m0/s1. The van der Waals surface area contributed by atoms with Gasteiger partial charge in [0.15, 0.2) is 0 Å². The van der Waals surface area contributed by atoms with Crippen LogP contribution in [-0.4, -0.2) is 38.0 Å². The smallest absolute Gasteiger partial charge is 0.338 e. The molecule has 0 radical (unpaired) electrons. The Morgan fingerprint density at radius 2 is 1.96 bits per heavy atom. The minimum atomic E-state index is -0.482. The Hall–Kier alpha value is -3.35. The summed E-state index contributed by atoms with van der Waals surface area (Å²) < 4.78 is 10.2. The van der Waals surface area contributed by atoms with Crippen molar-refractivity contribution in [3.63, 3.8) is 0 Å². The predicted octanol–water partition coefficient (Wildman–Crippen LogP) is 2.86. The Morgan fingerprint density at radius 1 is 1.18 bits per heavy atom. The number of carbonyl (C=O) groups excluding carboxylic acids is 3. The number of carbonyl (C=O) groups is 3. The number of anilines is 2. The first-order valence-electron chi connectivity index (χ1n) is 9.04. The number of benzene rings is 2. The number of nitrogens with one attached hydrogen (secondary N) is 1. The summed E-state index contributed by atoms with van der Waals surface area (Å²) in [4.78, 5) is 38.5. The molecule has 0 aromatic heterocycles. The predicted molar refractivity (Wildman–Crippen MR) is 104 cm³/mol. The molecule has 7 heteroatoms. The SMILES string of the molecule is CCOC(=O)c1cccc(NC(=O)[C@H]2CC(=O)N(c3cccc(OC)c3)C2)c1. The third kappa shape index (κ3) is 4.31. The molecule has 146 valence electrons. The molecule has 1 N–H and O–H groups in total. The molecule has 3 rings (SSSR count). The molecular formula is C21H22N2O5. The number of ether oxygens (including phenoxy) is 2. The van der Waals surface area contributed by atoms with Crippen molar-refractivity contribution in [1.29, 1.82) is 0 Å². The van der Waals surface area contributed by atoms with Gasteiger partial charge in [-0.25, -0.2) is 4.79 Å². The number of nitrogens with zero attached hydrogens (tertiary/aromatic N) is 1. The molecule has 2 aromatic rings. The molecule has 1 heterocycles. The number of hydrogen-bond acceptors (Lipinski definition) is 5. The van der Waals surface area contributed by atoms with Crippen molar-refractivity contribution in [3.8, 4) is 5.75 Å². The largest absolute Gasteiger partial charge is 0.497 e. The Labute approximate surface area is 163 Å². The maximum absolute atomic E-state index is 12.6. The summed E-state index contributed by atoms with van der Waals surface area (Å²) in [6.45, 7) is 2.30. The highest BCUT2D eigenvalue weighted by Gasteiger charge is 2.35. The first kappa shape index (κ1) is 19.4. The zero-order chi connectivity index (χ0) is 20.1. The molecule has 7 nitrogen and oxygen atoms in total. The normalized spacial score (nSPS) is 16.0. The van der Waals surface area contributed by atoms with E-state index in [0.717, 1.165) is 0 Å². The molecule has 2 amide bonds. The fourth-order valence-electron chi connectivity index (χ4n) is 3.09. The van der Waals surface area contributed by atoms with Gasteiger partial charge in [0, 0.05) is 30.4 Å². The highest BCUT2D eigenvalue weighted by molar-refractivity contribution is 6.04. The van der Waals surface area contributed by atoms with Gasteiger partial charge in [-0.15, -0.1) is 0 Å². The maximum atomic E-state index is 12.6. The molecule has 1 aliphatic heterocycles. The zero-order valence-corrected chi connectivity index (χ0v) is 15.8. The van der Waals surface area contributed by atoms with E-state index in [-0.39, 0.29) is 31.4 Å². The highest BCUT2D eigenvalue weighted by Crippen LogP contribution is 2.28. The van der Waals surface area contributed by atoms with Crippen molar-refractivity contribution >= 4 is 29.2 Å². The summed E-state index contributed by atoms with van der Waals surface area (Å²) in [6, 6.07) is 13.7. The summed E-state index contributed by atoms with van der Waals surface area (Å²) in [5.74, 6) is -0.661. The molecule has 1 saturated heterocycles. The van der Waals surface area contributed by atoms with Gasteiger partial charge in [0.25, 0.3) is 0 Å². The first-order chi connectivity index (χ1) is 13.5. The fraction of sp³-hybridized carbons (Fsp3) is 0.286. The quantitative estimate of drug-likeness (QED) is 0.777. The minimum absolute atomic E-state index is 0.117. The summed E-state index contributed by atoms with van der Waals surface area (Å²) in [5.41, 5.74) is 1.55. The molecule has 0 aliphatic carbocycles. The summed E-state index contributed by atoms with van der Waals surface area (Å²) in [6.07, 6.45) is 0.126. The lowest BCUT2D eigenvalue weighted by molar-refractivity contribution is -0.122. The average Bonchev–Trinajstić information content (AvgIpc) is 3.10. The Morgan fingerprint density at radius 3 is 2.71 bits per heavy atom. The molecule has 2 aromatic carbocycles. The van der Waals surface area contributed by atoms with Crippen molar-refractivity contribution in [1.82, 2.24) is 0 Å². The van der Waals surface area contributed by atoms with Gasteiger partial charge in [-0.1, -0.05) is 12.1 Å². The second-order valence-corrected chi connectivity index (χ2v) is 6.40. The van der Waals surface area contributed by atoms with Crippen LogP contribution in [0.15, 0.2) is 48.5 Å². The lowest BCUT2D eigenvalue weighted by Crippen LogP contribution is -2.28. The maximum Gasteiger partial charge on any atom is 0.338 e. The van der Waals surface area contributed by atoms with Crippen LogP contribution in [0.2, 0.25) is 0 Å². The highest BCUT2D eigenvalue weighted by atomic mass is 16.5. The van der Waals surface area contributed by atoms with E-state index in [4.69, 9.17) is 9.47 Å². The molecule has 0 unspecified atom stereocenters. The van der Waals surface area contributed by atoms with Crippen LogP contribution in [0, 0.1) is 5.92 Å². The summed E-state index contributed by atoms with van der Waals surface area (Å²) in [5, 5.41) is 2.79. The van der Waals surface area contributed by atoms with Crippen LogP contribution in [0.4, 0.5) is 11.4 Å². The number of esters is 1. The van der Waals surface area contributed by atoms with E-state index >= 15 is 0 Å². The second kappa shape index (κ2) is 8.56. The lowest BCUT2D eigenvalue weighted by atomic mass is 10.1. The van der Waals surface area contributed by atoms with E-state index in [1.54, 1.807) is 61.4 Å². The van der Waals surface area contributed by atoms with Crippen molar-refractivity contribution in [2.45, 2.75) is 13.3 Å². The molecular weight excluding hydrogens is 360 g/mol. The van der Waals surface area contributed by atoms with Crippen LogP contribution in [0.5, 0.6) is 5.75 Å². The first-order valence-corrected chi connectivity index (χ1v) is 9.04. The molecule has 1 atom stereocenters. The van der Waals surface area contributed by atoms with E-state index < -0.39 is 11.9 Å². The van der Waals surface area contributed by atoms with Gasteiger partial charge in [-0.2, -0.15) is 0 Å². The molecule has 1 fully saturated rings. The number of methoxy groups -OCH3 is 1. The molecule has 0 bridgehead atoms. The second-order valence-electron chi connectivity index (χ2n) is 6.40. The van der Waals surface area contributed by atoms with E-state index in [2.05, 4.69) is 5.32 Å². The van der Waals surface area contributed by atoms with Crippen LogP contribution >= 0.6 is 0 Å². The Kier molecular flexibility index (Phi) is 5.93. The van der Waals surface area contributed by atoms with Crippen LogP contribution in [-0.2, 0) is 14.3 Å². The lowest BCUT2D eigenvalue weighted by Gasteiger charge is -2.17. The molecule has 28 heavy (non-hydrogen) atoms. The van der Waals surface area contributed by atoms with Gasteiger partial charge in [0.2, 0.25) is 11.8 Å². The van der Waals surface area contributed by atoms with Gasteiger partial charge in [-0.3, -0.25) is 9.59 Å². The zero-order valence-electron chi connectivity index (χ0n) is 15.8. The van der Waals surface area contributed by atoms with Gasteiger partial charge < -0.3 is 19.7 Å². The van der Waals surface area contributed by atoms with Crippen molar-refractivity contribution in [2.75, 3.05) is 30.5 Å². The van der Waals surface area contributed by atoms with Gasteiger partial charge >= 0.3 is 5.97 Å². The van der Waals surface area contributed by atoms with Gasteiger partial charge in [-0.05, 0) is 37.3 Å². The molecule has 0 saturated carbocycles. The van der Waals surface area contributed by atoms with Crippen LogP contribution in [0.3, 0.4) is 0 Å². The topological polar surface area (TPSA) is 84.9 Å². The Bertz CT molecular complexity index is 896. The third-order valence-electron chi connectivity index (χ3n) is 4.50. The van der Waals surface area contributed by atoms with E-state index in [1.165, 1.54) is 0 Å². The van der Waals surface area contributed by atoms with Crippen LogP contribution in [0.1, 0.15) is 23.7 Å². The number of amides is 2. The van der Waals surface area contributed by atoms with Crippen molar-refractivity contribution < 1.29 is 23.9 Å². The minimum Gasteiger partial charge on any atom is -0.497 e. The van der Waals surface area contributed by atoms with Crippen LogP contribution < -0.4 is 15.0 Å². The summed E-state index contributed by atoms with van der Waals surface area (Å²) in [7, 11) is 1.56. The Balaban J connectivity index is 1.68. The number of hydrogen-bond donors (Lipinski definition) is 1. The molecule has 1 aliphatic rings. The van der Waals surface area contributed by atoms with E-state index in [1.807, 2.05) is 6.07 Å². The van der Waals surface area contributed by atoms with Gasteiger partial charge in [0.1, 0.15) is 5.75 Å². The van der Waals surface area contributed by atoms with E-state index in [9.17, 15) is 14.4 Å². The third-order valence-corrected chi connectivity index (χ3v) is 4.50. The van der Waals surface area contributed by atoms with E-state index in [0.29, 0.717) is 22.7 Å². The van der Waals surface area contributed by atoms with Gasteiger partial charge in [0.05, 0.1) is 25.2 Å². The number of rotatable bonds is 6. The summed E-state index contributed by atoms with van der Waals surface area (Å²) >= 11 is 0. The van der Waals surface area contributed by atoms with Crippen molar-refractivity contribution in [3.05, 3.63) is 54.1 Å². The monoisotopic (exact) mass is 382 g/mol. The van der Waals surface area contributed by atoms with Crippen LogP contribution in [0.25, 0.3) is 0 Å².